The zero-order chi connectivity index (χ0) is 15.5. The molecule has 1 aromatic carbocycles. The molecule has 0 fully saturated rings. The van der Waals surface area contributed by atoms with Crippen LogP contribution in [0.1, 0.15) is 38.0 Å². The topological polar surface area (TPSA) is 65.2 Å². The molecule has 2 rings (SSSR count). The summed E-state index contributed by atoms with van der Waals surface area (Å²) < 4.78 is 11.3. The summed E-state index contributed by atoms with van der Waals surface area (Å²) in [5.74, 6) is 0.446. The molecule has 0 amide bonds. The van der Waals surface area contributed by atoms with E-state index in [9.17, 15) is 4.79 Å². The Hall–Kier alpha value is -1.69. The predicted octanol–water partition coefficient (Wildman–Crippen LogP) is 3.26. The second-order valence-corrected chi connectivity index (χ2v) is 6.08. The van der Waals surface area contributed by atoms with Gasteiger partial charge in [-0.1, -0.05) is 33.2 Å². The molecule has 112 valence electrons. The molecule has 0 unspecified atom stereocenters. The number of hydrogen-bond donors (Lipinski definition) is 0. The summed E-state index contributed by atoms with van der Waals surface area (Å²) in [6.45, 7) is 5.51. The van der Waals surface area contributed by atoms with Crippen LogP contribution in [0.4, 0.5) is 0 Å². The number of aromatic nitrogens is 2. The molecule has 0 bridgehead atoms. The predicted molar refractivity (Wildman–Crippen MR) is 80.9 cm³/mol. The minimum atomic E-state index is -0.943. The summed E-state index contributed by atoms with van der Waals surface area (Å²) in [6.07, 6.45) is 0.551. The lowest BCUT2D eigenvalue weighted by atomic mass is 9.94. The summed E-state index contributed by atoms with van der Waals surface area (Å²) in [4.78, 5) is 16.2. The number of hydrogen-bond acceptors (Lipinski definition) is 5. The third-order valence-corrected chi connectivity index (χ3v) is 3.59. The maximum Gasteiger partial charge on any atom is 0.321 e. The molecule has 0 radical (unpaired) electrons. The number of ether oxygens (including phenoxy) is 1. The minimum absolute atomic E-state index is 0.271. The van der Waals surface area contributed by atoms with Crippen LogP contribution in [0.25, 0.3) is 0 Å². The molecule has 21 heavy (non-hydrogen) atoms. The number of carbonyl (C=O) groups is 1. The van der Waals surface area contributed by atoms with Crippen molar-refractivity contribution in [3.8, 4) is 0 Å². The molecule has 0 saturated heterocycles. The van der Waals surface area contributed by atoms with Crippen molar-refractivity contribution in [3.05, 3.63) is 46.0 Å². The van der Waals surface area contributed by atoms with Gasteiger partial charge in [-0.25, -0.2) is 0 Å². The number of rotatable bonds is 5. The fourth-order valence-corrected chi connectivity index (χ4v) is 2.03. The van der Waals surface area contributed by atoms with Crippen LogP contribution >= 0.6 is 15.9 Å². The lowest BCUT2D eigenvalue weighted by Gasteiger charge is -2.16. The first-order valence-electron chi connectivity index (χ1n) is 6.68. The molecule has 0 aliphatic carbocycles. The zero-order valence-corrected chi connectivity index (χ0v) is 13.8. The van der Waals surface area contributed by atoms with Gasteiger partial charge >= 0.3 is 5.97 Å². The van der Waals surface area contributed by atoms with Crippen LogP contribution in [0.2, 0.25) is 0 Å². The average molecular weight is 353 g/mol. The van der Waals surface area contributed by atoms with Gasteiger partial charge in [0.1, 0.15) is 5.41 Å². The number of esters is 1. The molecular weight excluding hydrogens is 336 g/mol. The van der Waals surface area contributed by atoms with Gasteiger partial charge < -0.3 is 9.26 Å². The maximum absolute atomic E-state index is 11.9. The van der Waals surface area contributed by atoms with Crippen molar-refractivity contribution in [2.75, 3.05) is 6.61 Å². The highest BCUT2D eigenvalue weighted by molar-refractivity contribution is 9.10. The highest BCUT2D eigenvalue weighted by atomic mass is 79.9. The molecule has 0 aliphatic heterocycles. The first-order valence-corrected chi connectivity index (χ1v) is 7.47. The summed E-state index contributed by atoms with van der Waals surface area (Å²) in [7, 11) is 0. The van der Waals surface area contributed by atoms with Gasteiger partial charge in [0.15, 0.2) is 5.82 Å². The van der Waals surface area contributed by atoms with Crippen LogP contribution in [-0.2, 0) is 21.4 Å². The fourth-order valence-electron chi connectivity index (χ4n) is 1.76. The van der Waals surface area contributed by atoms with Crippen LogP contribution in [0.3, 0.4) is 0 Å². The maximum atomic E-state index is 11.9. The standard InChI is InChI=1S/C15H17BrN2O3/c1-4-20-14(19)15(2,3)13-17-12(18-21-13)9-10-5-7-11(16)8-6-10/h5-8H,4,9H2,1-3H3. The molecular formula is C15H17BrN2O3. The van der Waals surface area contributed by atoms with Crippen molar-refractivity contribution in [1.82, 2.24) is 10.1 Å². The first-order chi connectivity index (χ1) is 9.93. The molecule has 2 aromatic rings. The summed E-state index contributed by atoms with van der Waals surface area (Å²) in [6, 6.07) is 7.88. The Morgan fingerprint density at radius 2 is 2.00 bits per heavy atom. The van der Waals surface area contributed by atoms with Crippen LogP contribution in [-0.4, -0.2) is 22.7 Å². The van der Waals surface area contributed by atoms with E-state index in [0.717, 1.165) is 10.0 Å². The molecule has 0 saturated carbocycles. The molecule has 1 heterocycles. The van der Waals surface area contributed by atoms with Crippen LogP contribution in [0.15, 0.2) is 33.3 Å². The van der Waals surface area contributed by atoms with Crippen molar-refractivity contribution in [3.63, 3.8) is 0 Å². The lowest BCUT2D eigenvalue weighted by Crippen LogP contribution is -2.31. The third-order valence-electron chi connectivity index (χ3n) is 3.06. The monoisotopic (exact) mass is 352 g/mol. The van der Waals surface area contributed by atoms with Crippen molar-refractivity contribution in [1.29, 1.82) is 0 Å². The fraction of sp³-hybridized carbons (Fsp3) is 0.400. The Morgan fingerprint density at radius 1 is 1.33 bits per heavy atom. The minimum Gasteiger partial charge on any atom is -0.465 e. The van der Waals surface area contributed by atoms with E-state index in [1.54, 1.807) is 20.8 Å². The van der Waals surface area contributed by atoms with Crippen LogP contribution in [0.5, 0.6) is 0 Å². The van der Waals surface area contributed by atoms with Crippen molar-refractivity contribution >= 4 is 21.9 Å². The van der Waals surface area contributed by atoms with Gasteiger partial charge in [-0.15, -0.1) is 0 Å². The summed E-state index contributed by atoms with van der Waals surface area (Å²) >= 11 is 3.39. The van der Waals surface area contributed by atoms with Gasteiger partial charge in [0.05, 0.1) is 6.61 Å². The highest BCUT2D eigenvalue weighted by Crippen LogP contribution is 2.23. The Labute approximate surface area is 131 Å². The average Bonchev–Trinajstić information content (AvgIpc) is 2.91. The van der Waals surface area contributed by atoms with E-state index in [-0.39, 0.29) is 11.9 Å². The van der Waals surface area contributed by atoms with E-state index >= 15 is 0 Å². The SMILES string of the molecule is CCOC(=O)C(C)(C)c1nc(Cc2ccc(Br)cc2)no1. The molecule has 0 spiro atoms. The van der Waals surface area contributed by atoms with Gasteiger partial charge in [0, 0.05) is 10.9 Å². The molecule has 5 nitrogen and oxygen atoms in total. The van der Waals surface area contributed by atoms with Crippen molar-refractivity contribution in [2.45, 2.75) is 32.6 Å². The van der Waals surface area contributed by atoms with Crippen molar-refractivity contribution in [2.24, 2.45) is 0 Å². The van der Waals surface area contributed by atoms with Gasteiger partial charge in [-0.3, -0.25) is 4.79 Å². The van der Waals surface area contributed by atoms with E-state index in [4.69, 9.17) is 9.26 Å². The smallest absolute Gasteiger partial charge is 0.321 e. The summed E-state index contributed by atoms with van der Waals surface area (Å²) in [5, 5.41) is 3.94. The Kier molecular flexibility index (Phi) is 4.77. The molecule has 1 aromatic heterocycles. The van der Waals surface area contributed by atoms with Gasteiger partial charge in [0.25, 0.3) is 0 Å². The third kappa shape index (κ3) is 3.69. The Bertz CT molecular complexity index is 620. The molecule has 0 atom stereocenters. The van der Waals surface area contributed by atoms with Crippen LogP contribution < -0.4 is 0 Å². The van der Waals surface area contributed by atoms with Crippen molar-refractivity contribution < 1.29 is 14.1 Å². The quantitative estimate of drug-likeness (QED) is 0.772. The zero-order valence-electron chi connectivity index (χ0n) is 12.2. The number of carbonyl (C=O) groups excluding carboxylic acids is 1. The normalized spacial score (nSPS) is 11.4. The molecule has 0 N–H and O–H groups in total. The number of benzene rings is 1. The van der Waals surface area contributed by atoms with E-state index < -0.39 is 5.41 Å². The van der Waals surface area contributed by atoms with E-state index in [2.05, 4.69) is 26.1 Å². The van der Waals surface area contributed by atoms with Gasteiger partial charge in [0.2, 0.25) is 5.89 Å². The Morgan fingerprint density at radius 3 is 2.62 bits per heavy atom. The van der Waals surface area contributed by atoms with Gasteiger partial charge in [-0.05, 0) is 38.5 Å². The Balaban J connectivity index is 2.14. The number of nitrogens with zero attached hydrogens (tertiary/aromatic N) is 2. The highest BCUT2D eigenvalue weighted by Gasteiger charge is 2.37. The van der Waals surface area contributed by atoms with E-state index in [0.29, 0.717) is 18.9 Å². The second-order valence-electron chi connectivity index (χ2n) is 5.16. The number of halogens is 1. The van der Waals surface area contributed by atoms with E-state index in [1.165, 1.54) is 0 Å². The molecule has 0 aliphatic rings. The second kappa shape index (κ2) is 6.39. The lowest BCUT2D eigenvalue weighted by molar-refractivity contribution is -0.149. The first kappa shape index (κ1) is 15.7. The van der Waals surface area contributed by atoms with E-state index in [1.807, 2.05) is 24.3 Å². The molecule has 6 heteroatoms. The van der Waals surface area contributed by atoms with Crippen LogP contribution in [0, 0.1) is 0 Å². The van der Waals surface area contributed by atoms with Gasteiger partial charge in [-0.2, -0.15) is 4.98 Å². The summed E-state index contributed by atoms with van der Waals surface area (Å²) in [5.41, 5.74) is 0.125. The largest absolute Gasteiger partial charge is 0.465 e.